The lowest BCUT2D eigenvalue weighted by atomic mass is 10.2. The smallest absolute Gasteiger partial charge is 0.238 e. The van der Waals surface area contributed by atoms with Gasteiger partial charge in [0.1, 0.15) is 0 Å². The standard InChI is InChI=1S/C13H12F2N2O2S/c14-12-3-1-2-9(13(12)15)8-17-10-4-6-11(7-5-10)20(16,18)19/h1-7,17H,8H2,(H2,16,18,19). The molecule has 0 aliphatic heterocycles. The summed E-state index contributed by atoms with van der Waals surface area (Å²) in [7, 11) is -3.74. The van der Waals surface area contributed by atoms with Gasteiger partial charge in [0, 0.05) is 17.8 Å². The second-order valence-electron chi connectivity index (χ2n) is 4.14. The third-order valence-corrected chi connectivity index (χ3v) is 3.63. The Hall–Kier alpha value is -1.99. The van der Waals surface area contributed by atoms with Gasteiger partial charge >= 0.3 is 0 Å². The van der Waals surface area contributed by atoms with Gasteiger partial charge in [-0.05, 0) is 30.3 Å². The van der Waals surface area contributed by atoms with E-state index in [-0.39, 0.29) is 17.0 Å². The minimum atomic E-state index is -3.74. The lowest BCUT2D eigenvalue weighted by Crippen LogP contribution is -2.12. The van der Waals surface area contributed by atoms with Crippen LogP contribution < -0.4 is 10.5 Å². The molecule has 2 rings (SSSR count). The topological polar surface area (TPSA) is 72.2 Å². The van der Waals surface area contributed by atoms with Crippen molar-refractivity contribution < 1.29 is 17.2 Å². The summed E-state index contributed by atoms with van der Waals surface area (Å²) in [5.41, 5.74) is 0.751. The zero-order valence-corrected chi connectivity index (χ0v) is 11.1. The summed E-state index contributed by atoms with van der Waals surface area (Å²) in [6, 6.07) is 9.58. The van der Waals surface area contributed by atoms with E-state index in [0.717, 1.165) is 6.07 Å². The fourth-order valence-electron chi connectivity index (χ4n) is 1.64. The predicted molar refractivity (Wildman–Crippen MR) is 71.5 cm³/mol. The number of primary sulfonamides is 1. The van der Waals surface area contributed by atoms with Crippen molar-refractivity contribution in [3.05, 3.63) is 59.7 Å². The maximum Gasteiger partial charge on any atom is 0.238 e. The van der Waals surface area contributed by atoms with Gasteiger partial charge in [0.15, 0.2) is 11.6 Å². The Balaban J connectivity index is 2.10. The third kappa shape index (κ3) is 3.31. The Morgan fingerprint density at radius 2 is 1.70 bits per heavy atom. The van der Waals surface area contributed by atoms with Crippen molar-refractivity contribution in [1.82, 2.24) is 0 Å². The highest BCUT2D eigenvalue weighted by Crippen LogP contribution is 2.16. The monoisotopic (exact) mass is 298 g/mol. The zero-order valence-electron chi connectivity index (χ0n) is 10.3. The van der Waals surface area contributed by atoms with Gasteiger partial charge in [0.25, 0.3) is 0 Å². The van der Waals surface area contributed by atoms with Gasteiger partial charge in [-0.25, -0.2) is 22.3 Å². The maximum absolute atomic E-state index is 13.4. The van der Waals surface area contributed by atoms with Gasteiger partial charge in [-0.15, -0.1) is 0 Å². The molecule has 0 heterocycles. The summed E-state index contributed by atoms with van der Waals surface area (Å²) in [5, 5.41) is 7.83. The highest BCUT2D eigenvalue weighted by atomic mass is 32.2. The number of rotatable bonds is 4. The number of benzene rings is 2. The van der Waals surface area contributed by atoms with Crippen LogP contribution in [0.3, 0.4) is 0 Å². The van der Waals surface area contributed by atoms with Crippen LogP contribution in [0.2, 0.25) is 0 Å². The van der Waals surface area contributed by atoms with Crippen molar-refractivity contribution >= 4 is 15.7 Å². The molecule has 0 saturated carbocycles. The normalized spacial score (nSPS) is 11.3. The van der Waals surface area contributed by atoms with Gasteiger partial charge < -0.3 is 5.32 Å². The van der Waals surface area contributed by atoms with Gasteiger partial charge in [-0.3, -0.25) is 0 Å². The molecule has 0 aliphatic rings. The van der Waals surface area contributed by atoms with Crippen LogP contribution in [0.15, 0.2) is 47.4 Å². The summed E-state index contributed by atoms with van der Waals surface area (Å²) in [6.07, 6.45) is 0. The SMILES string of the molecule is NS(=O)(=O)c1ccc(NCc2cccc(F)c2F)cc1. The highest BCUT2D eigenvalue weighted by molar-refractivity contribution is 7.89. The molecule has 0 aromatic heterocycles. The van der Waals surface area contributed by atoms with Crippen LogP contribution in [0.25, 0.3) is 0 Å². The molecule has 0 amide bonds. The van der Waals surface area contributed by atoms with E-state index in [1.807, 2.05) is 0 Å². The first-order valence-corrected chi connectivity index (χ1v) is 7.22. The minimum Gasteiger partial charge on any atom is -0.381 e. The predicted octanol–water partition coefficient (Wildman–Crippen LogP) is 2.22. The Morgan fingerprint density at radius 3 is 2.30 bits per heavy atom. The second kappa shape index (κ2) is 5.56. The maximum atomic E-state index is 13.4. The molecule has 2 aromatic carbocycles. The van der Waals surface area contributed by atoms with E-state index in [0.29, 0.717) is 5.69 Å². The molecule has 0 aliphatic carbocycles. The first-order valence-electron chi connectivity index (χ1n) is 5.67. The van der Waals surface area contributed by atoms with E-state index in [2.05, 4.69) is 5.32 Å². The lowest BCUT2D eigenvalue weighted by molar-refractivity contribution is 0.500. The first-order chi connectivity index (χ1) is 9.38. The number of hydrogen-bond acceptors (Lipinski definition) is 3. The highest BCUT2D eigenvalue weighted by Gasteiger charge is 2.08. The van der Waals surface area contributed by atoms with Gasteiger partial charge in [0.2, 0.25) is 10.0 Å². The molecule has 7 heteroatoms. The third-order valence-electron chi connectivity index (χ3n) is 2.70. The number of halogens is 2. The van der Waals surface area contributed by atoms with E-state index in [1.165, 1.54) is 36.4 Å². The van der Waals surface area contributed by atoms with Crippen molar-refractivity contribution in [1.29, 1.82) is 0 Å². The molecule has 0 radical (unpaired) electrons. The number of hydrogen-bond donors (Lipinski definition) is 2. The van der Waals surface area contributed by atoms with Gasteiger partial charge in [-0.1, -0.05) is 12.1 Å². The molecular formula is C13H12F2N2O2S. The Morgan fingerprint density at radius 1 is 1.05 bits per heavy atom. The molecule has 0 spiro atoms. The molecule has 20 heavy (non-hydrogen) atoms. The van der Waals surface area contributed by atoms with Crippen LogP contribution in [0.1, 0.15) is 5.56 Å². The lowest BCUT2D eigenvalue weighted by Gasteiger charge is -2.08. The molecule has 0 saturated heterocycles. The zero-order chi connectivity index (χ0) is 14.8. The molecule has 0 unspecified atom stereocenters. The summed E-state index contributed by atoms with van der Waals surface area (Å²) in [5.74, 6) is -1.81. The van der Waals surface area contributed by atoms with Crippen molar-refractivity contribution in [2.75, 3.05) is 5.32 Å². The van der Waals surface area contributed by atoms with Crippen molar-refractivity contribution in [3.8, 4) is 0 Å². The number of anilines is 1. The van der Waals surface area contributed by atoms with Crippen LogP contribution in [0, 0.1) is 11.6 Å². The van der Waals surface area contributed by atoms with Gasteiger partial charge in [0.05, 0.1) is 4.90 Å². The number of sulfonamides is 1. The first kappa shape index (κ1) is 14.4. The van der Waals surface area contributed by atoms with Crippen molar-refractivity contribution in [2.45, 2.75) is 11.4 Å². The van der Waals surface area contributed by atoms with E-state index >= 15 is 0 Å². The molecular weight excluding hydrogens is 286 g/mol. The fourth-order valence-corrected chi connectivity index (χ4v) is 2.16. The van der Waals surface area contributed by atoms with Crippen LogP contribution in [-0.2, 0) is 16.6 Å². The molecule has 106 valence electrons. The van der Waals surface area contributed by atoms with E-state index < -0.39 is 21.7 Å². The quantitative estimate of drug-likeness (QED) is 0.909. The summed E-state index contributed by atoms with van der Waals surface area (Å²) < 4.78 is 48.6. The van der Waals surface area contributed by atoms with E-state index in [9.17, 15) is 17.2 Å². The van der Waals surface area contributed by atoms with Gasteiger partial charge in [-0.2, -0.15) is 0 Å². The second-order valence-corrected chi connectivity index (χ2v) is 5.70. The van der Waals surface area contributed by atoms with Crippen LogP contribution in [0.4, 0.5) is 14.5 Å². The summed E-state index contributed by atoms with van der Waals surface area (Å²) in [4.78, 5) is -0.0139. The molecule has 0 bridgehead atoms. The van der Waals surface area contributed by atoms with Crippen molar-refractivity contribution in [3.63, 3.8) is 0 Å². The summed E-state index contributed by atoms with van der Waals surface area (Å²) in [6.45, 7) is 0.0817. The van der Waals surface area contributed by atoms with Crippen LogP contribution >= 0.6 is 0 Å². The largest absolute Gasteiger partial charge is 0.381 e. The number of nitrogens with one attached hydrogen (secondary N) is 1. The van der Waals surface area contributed by atoms with Crippen LogP contribution in [0.5, 0.6) is 0 Å². The van der Waals surface area contributed by atoms with E-state index in [1.54, 1.807) is 0 Å². The summed E-state index contributed by atoms with van der Waals surface area (Å²) >= 11 is 0. The average Bonchev–Trinajstić information content (AvgIpc) is 2.40. The fraction of sp³-hybridized carbons (Fsp3) is 0.0769. The Bertz CT molecular complexity index is 716. The minimum absolute atomic E-state index is 0.0139. The van der Waals surface area contributed by atoms with E-state index in [4.69, 9.17) is 5.14 Å². The molecule has 4 nitrogen and oxygen atoms in total. The van der Waals surface area contributed by atoms with Crippen molar-refractivity contribution in [2.24, 2.45) is 5.14 Å². The Kier molecular flexibility index (Phi) is 4.01. The van der Waals surface area contributed by atoms with Crippen LogP contribution in [-0.4, -0.2) is 8.42 Å². The molecule has 3 N–H and O–H groups in total. The number of nitrogens with two attached hydrogens (primary N) is 1. The molecule has 2 aromatic rings. The molecule has 0 atom stereocenters. The average molecular weight is 298 g/mol. The molecule has 0 fully saturated rings. The Labute approximate surface area is 115 Å².